The summed E-state index contributed by atoms with van der Waals surface area (Å²) in [5, 5.41) is 3.64. The zero-order chi connectivity index (χ0) is 9.53. The Bertz CT molecular complexity index is 194. The Kier molecular flexibility index (Phi) is 2.16. The summed E-state index contributed by atoms with van der Waals surface area (Å²) in [5.74, 6) is 0. The summed E-state index contributed by atoms with van der Waals surface area (Å²) < 4.78 is 6.18. The highest BCUT2D eigenvalue weighted by molar-refractivity contribution is 4.99. The molecule has 1 unspecified atom stereocenters. The van der Waals surface area contributed by atoms with Gasteiger partial charge in [0.2, 0.25) is 0 Å². The van der Waals surface area contributed by atoms with Gasteiger partial charge in [0.05, 0.1) is 5.60 Å². The molecule has 2 rings (SSSR count). The van der Waals surface area contributed by atoms with E-state index in [1.54, 1.807) is 0 Å². The summed E-state index contributed by atoms with van der Waals surface area (Å²) in [6.07, 6.45) is 6.40. The maximum atomic E-state index is 6.18. The molecule has 1 spiro atoms. The third kappa shape index (κ3) is 1.62. The average molecular weight is 183 g/mol. The van der Waals surface area contributed by atoms with Gasteiger partial charge in [0.15, 0.2) is 0 Å². The molecule has 2 nitrogen and oxygen atoms in total. The Morgan fingerprint density at radius 3 is 2.23 bits per heavy atom. The highest BCUT2D eigenvalue weighted by Gasteiger charge is 2.48. The summed E-state index contributed by atoms with van der Waals surface area (Å²) in [7, 11) is 0. The van der Waals surface area contributed by atoms with Crippen molar-refractivity contribution in [1.29, 1.82) is 0 Å². The lowest BCUT2D eigenvalue weighted by Crippen LogP contribution is -2.44. The topological polar surface area (TPSA) is 21.3 Å². The Morgan fingerprint density at radius 2 is 1.77 bits per heavy atom. The quantitative estimate of drug-likeness (QED) is 0.623. The largest absolute Gasteiger partial charge is 0.353 e. The van der Waals surface area contributed by atoms with Crippen molar-refractivity contribution in [2.45, 2.75) is 70.2 Å². The Morgan fingerprint density at radius 1 is 1.15 bits per heavy atom. The van der Waals surface area contributed by atoms with Crippen molar-refractivity contribution < 1.29 is 4.74 Å². The molecule has 2 aliphatic rings. The lowest BCUT2D eigenvalue weighted by molar-refractivity contribution is -0.111. The maximum absolute atomic E-state index is 6.18. The van der Waals surface area contributed by atoms with Crippen molar-refractivity contribution in [2.24, 2.45) is 0 Å². The molecule has 0 aromatic rings. The van der Waals surface area contributed by atoms with Gasteiger partial charge in [-0.05, 0) is 46.5 Å². The lowest BCUT2D eigenvalue weighted by atomic mass is 9.92. The molecule has 1 N–H and O–H groups in total. The molecule has 2 heteroatoms. The van der Waals surface area contributed by atoms with Crippen LogP contribution in [0.25, 0.3) is 0 Å². The second kappa shape index (κ2) is 2.96. The van der Waals surface area contributed by atoms with E-state index in [0.717, 1.165) is 0 Å². The summed E-state index contributed by atoms with van der Waals surface area (Å²) in [5.41, 5.74) is 0.0402. The molecular formula is C11H21NO. The first-order chi connectivity index (χ1) is 6.04. The number of hydrogen-bond acceptors (Lipinski definition) is 2. The second-order valence-electron chi connectivity index (χ2n) is 5.13. The van der Waals surface area contributed by atoms with Gasteiger partial charge >= 0.3 is 0 Å². The maximum Gasteiger partial charge on any atom is 0.120 e. The predicted molar refractivity (Wildman–Crippen MR) is 53.6 cm³/mol. The number of ether oxygens (including phenoxy) is 1. The highest BCUT2D eigenvalue weighted by Crippen LogP contribution is 2.39. The van der Waals surface area contributed by atoms with E-state index in [9.17, 15) is 0 Å². The molecule has 0 amide bonds. The van der Waals surface area contributed by atoms with Gasteiger partial charge in [0, 0.05) is 6.04 Å². The van der Waals surface area contributed by atoms with Gasteiger partial charge in [0.25, 0.3) is 0 Å². The van der Waals surface area contributed by atoms with Gasteiger partial charge < -0.3 is 4.74 Å². The van der Waals surface area contributed by atoms with E-state index in [1.165, 1.54) is 32.1 Å². The second-order valence-corrected chi connectivity index (χ2v) is 5.13. The molecule has 13 heavy (non-hydrogen) atoms. The molecular weight excluding hydrogens is 162 g/mol. The van der Waals surface area contributed by atoms with Gasteiger partial charge in [-0.15, -0.1) is 0 Å². The minimum absolute atomic E-state index is 0.0112. The minimum atomic E-state index is 0.0112. The molecule has 1 heterocycles. The summed E-state index contributed by atoms with van der Waals surface area (Å²) >= 11 is 0. The molecule has 0 radical (unpaired) electrons. The van der Waals surface area contributed by atoms with Crippen LogP contribution in [0, 0.1) is 0 Å². The van der Waals surface area contributed by atoms with E-state index in [-0.39, 0.29) is 11.3 Å². The van der Waals surface area contributed by atoms with E-state index in [0.29, 0.717) is 6.04 Å². The van der Waals surface area contributed by atoms with Crippen LogP contribution >= 0.6 is 0 Å². The Hall–Kier alpha value is -0.0800. The third-order valence-corrected chi connectivity index (χ3v) is 3.64. The van der Waals surface area contributed by atoms with Crippen molar-refractivity contribution in [3.05, 3.63) is 0 Å². The SMILES string of the molecule is CC1NC2(CCCCC2)OC1(C)C. The van der Waals surface area contributed by atoms with Crippen LogP contribution in [0.3, 0.4) is 0 Å². The lowest BCUT2D eigenvalue weighted by Gasteiger charge is -2.34. The van der Waals surface area contributed by atoms with Gasteiger partial charge in [-0.1, -0.05) is 6.42 Å². The first-order valence-corrected chi connectivity index (χ1v) is 5.52. The van der Waals surface area contributed by atoms with E-state index in [4.69, 9.17) is 4.74 Å². The predicted octanol–water partition coefficient (Wildman–Crippen LogP) is 2.43. The van der Waals surface area contributed by atoms with E-state index in [2.05, 4.69) is 26.1 Å². The van der Waals surface area contributed by atoms with Crippen LogP contribution in [0.2, 0.25) is 0 Å². The van der Waals surface area contributed by atoms with E-state index >= 15 is 0 Å². The minimum Gasteiger partial charge on any atom is -0.353 e. The fourth-order valence-electron chi connectivity index (χ4n) is 2.56. The summed E-state index contributed by atoms with van der Waals surface area (Å²) in [4.78, 5) is 0. The fourth-order valence-corrected chi connectivity index (χ4v) is 2.56. The van der Waals surface area contributed by atoms with Crippen molar-refractivity contribution in [3.8, 4) is 0 Å². The van der Waals surface area contributed by atoms with Gasteiger partial charge in [-0.25, -0.2) is 0 Å². The number of rotatable bonds is 0. The van der Waals surface area contributed by atoms with E-state index < -0.39 is 0 Å². The van der Waals surface area contributed by atoms with Gasteiger partial charge in [0.1, 0.15) is 5.72 Å². The molecule has 1 aliphatic carbocycles. The van der Waals surface area contributed by atoms with Crippen LogP contribution in [0.1, 0.15) is 52.9 Å². The van der Waals surface area contributed by atoms with Crippen molar-refractivity contribution in [1.82, 2.24) is 5.32 Å². The normalized spacial score (nSPS) is 36.7. The standard InChI is InChI=1S/C11H21NO/c1-9-10(2,3)13-11(12-9)7-5-4-6-8-11/h9,12H,4-8H2,1-3H3. The monoisotopic (exact) mass is 183 g/mol. The van der Waals surface area contributed by atoms with Crippen LogP contribution in [-0.4, -0.2) is 17.4 Å². The smallest absolute Gasteiger partial charge is 0.120 e. The first kappa shape index (κ1) is 9.47. The molecule has 76 valence electrons. The molecule has 1 aliphatic heterocycles. The van der Waals surface area contributed by atoms with Crippen molar-refractivity contribution in [3.63, 3.8) is 0 Å². The van der Waals surface area contributed by atoms with Crippen LogP contribution < -0.4 is 5.32 Å². The van der Waals surface area contributed by atoms with Gasteiger partial charge in [-0.3, -0.25) is 5.32 Å². The Balaban J connectivity index is 2.10. The first-order valence-electron chi connectivity index (χ1n) is 5.52. The van der Waals surface area contributed by atoms with Crippen LogP contribution in [0.5, 0.6) is 0 Å². The van der Waals surface area contributed by atoms with Crippen molar-refractivity contribution in [2.75, 3.05) is 0 Å². The number of hydrogen-bond donors (Lipinski definition) is 1. The third-order valence-electron chi connectivity index (χ3n) is 3.64. The highest BCUT2D eigenvalue weighted by atomic mass is 16.6. The molecule has 0 bridgehead atoms. The molecule has 1 saturated carbocycles. The molecule has 1 saturated heterocycles. The fraction of sp³-hybridized carbons (Fsp3) is 1.00. The molecule has 0 aromatic heterocycles. The van der Waals surface area contributed by atoms with Crippen LogP contribution in [0.4, 0.5) is 0 Å². The van der Waals surface area contributed by atoms with Crippen LogP contribution in [0.15, 0.2) is 0 Å². The van der Waals surface area contributed by atoms with Gasteiger partial charge in [-0.2, -0.15) is 0 Å². The molecule has 1 atom stereocenters. The van der Waals surface area contributed by atoms with Crippen LogP contribution in [-0.2, 0) is 4.74 Å². The molecule has 2 fully saturated rings. The zero-order valence-corrected chi connectivity index (χ0v) is 9.02. The van der Waals surface area contributed by atoms with E-state index in [1.807, 2.05) is 0 Å². The Labute approximate surface area is 81.0 Å². The average Bonchev–Trinajstić information content (AvgIpc) is 2.23. The zero-order valence-electron chi connectivity index (χ0n) is 9.02. The number of nitrogens with one attached hydrogen (secondary N) is 1. The van der Waals surface area contributed by atoms with Crippen molar-refractivity contribution >= 4 is 0 Å². The summed E-state index contributed by atoms with van der Waals surface area (Å²) in [6, 6.07) is 0.477. The molecule has 0 aromatic carbocycles. The summed E-state index contributed by atoms with van der Waals surface area (Å²) in [6.45, 7) is 6.60.